The first-order chi connectivity index (χ1) is 12.6. The zero-order valence-corrected chi connectivity index (χ0v) is 13.7. The normalized spacial score (nSPS) is 11.7. The van der Waals surface area contributed by atoms with Gasteiger partial charge in [-0.05, 0) is 29.8 Å². The molecule has 136 valence electrons. The number of hydrogen-bond donors (Lipinski definition) is 3. The Bertz CT molecular complexity index is 803. The molecule has 0 spiro atoms. The van der Waals surface area contributed by atoms with Crippen molar-refractivity contribution in [3.63, 3.8) is 0 Å². The van der Waals surface area contributed by atoms with Crippen molar-refractivity contribution in [2.24, 2.45) is 0 Å². The van der Waals surface area contributed by atoms with Crippen molar-refractivity contribution in [2.75, 3.05) is 19.9 Å². The molecule has 0 atom stereocenters. The maximum absolute atomic E-state index is 11.8. The second-order valence-electron chi connectivity index (χ2n) is 5.40. The van der Waals surface area contributed by atoms with Crippen molar-refractivity contribution in [3.05, 3.63) is 47.9 Å². The summed E-state index contributed by atoms with van der Waals surface area (Å²) in [5.74, 6) is 0.0782. The van der Waals surface area contributed by atoms with Crippen LogP contribution < -0.4 is 25.4 Å². The molecule has 1 aliphatic heterocycles. The fraction of sp³-hybridized carbons (Fsp3) is 0.235. The molecule has 9 heteroatoms. The first-order valence-electron chi connectivity index (χ1n) is 7.85. The summed E-state index contributed by atoms with van der Waals surface area (Å²) in [7, 11) is 0. The highest BCUT2D eigenvalue weighted by molar-refractivity contribution is 5.94. The van der Waals surface area contributed by atoms with Crippen LogP contribution in [0.2, 0.25) is 0 Å². The third-order valence-corrected chi connectivity index (χ3v) is 3.53. The third-order valence-electron chi connectivity index (χ3n) is 3.53. The average molecular weight is 359 g/mol. The predicted molar refractivity (Wildman–Crippen MR) is 88.5 cm³/mol. The van der Waals surface area contributed by atoms with E-state index in [1.54, 1.807) is 18.2 Å². The van der Waals surface area contributed by atoms with Crippen molar-refractivity contribution in [1.82, 2.24) is 16.0 Å². The van der Waals surface area contributed by atoms with Crippen molar-refractivity contribution in [1.29, 1.82) is 0 Å². The fourth-order valence-corrected chi connectivity index (χ4v) is 2.21. The molecule has 2 heterocycles. The number of benzene rings is 1. The van der Waals surface area contributed by atoms with Crippen LogP contribution in [0, 0.1) is 0 Å². The average Bonchev–Trinajstić information content (AvgIpc) is 3.33. The molecular weight excluding hydrogens is 342 g/mol. The van der Waals surface area contributed by atoms with Crippen LogP contribution >= 0.6 is 0 Å². The summed E-state index contributed by atoms with van der Waals surface area (Å²) in [5.41, 5.74) is 0.847. The zero-order chi connectivity index (χ0) is 18.4. The number of amides is 3. The molecule has 0 aliphatic carbocycles. The highest BCUT2D eigenvalue weighted by Crippen LogP contribution is 2.32. The first kappa shape index (κ1) is 17.3. The van der Waals surface area contributed by atoms with Crippen LogP contribution in [0.25, 0.3) is 0 Å². The first-order valence-corrected chi connectivity index (χ1v) is 7.85. The Hall–Kier alpha value is -3.49. The molecule has 1 aromatic heterocycles. The van der Waals surface area contributed by atoms with E-state index in [-0.39, 0.29) is 31.5 Å². The van der Waals surface area contributed by atoms with Gasteiger partial charge in [-0.15, -0.1) is 0 Å². The summed E-state index contributed by atoms with van der Waals surface area (Å²) < 4.78 is 15.4. The lowest BCUT2D eigenvalue weighted by Crippen LogP contribution is -2.41. The third kappa shape index (κ3) is 4.53. The van der Waals surface area contributed by atoms with Crippen LogP contribution in [0.15, 0.2) is 41.0 Å². The lowest BCUT2D eigenvalue weighted by Gasteiger charge is -2.08. The summed E-state index contributed by atoms with van der Waals surface area (Å²) in [6.45, 7) is 0.0309. The van der Waals surface area contributed by atoms with Gasteiger partial charge < -0.3 is 29.8 Å². The maximum Gasteiger partial charge on any atom is 0.287 e. The van der Waals surface area contributed by atoms with Gasteiger partial charge >= 0.3 is 0 Å². The van der Waals surface area contributed by atoms with Crippen LogP contribution in [0.1, 0.15) is 16.1 Å². The van der Waals surface area contributed by atoms with Gasteiger partial charge in [-0.1, -0.05) is 6.07 Å². The zero-order valence-electron chi connectivity index (χ0n) is 13.7. The van der Waals surface area contributed by atoms with Gasteiger partial charge in [0.05, 0.1) is 19.4 Å². The summed E-state index contributed by atoms with van der Waals surface area (Å²) in [6.07, 6.45) is 1.36. The largest absolute Gasteiger partial charge is 0.459 e. The summed E-state index contributed by atoms with van der Waals surface area (Å²) in [4.78, 5) is 35.1. The van der Waals surface area contributed by atoms with Gasteiger partial charge in [0.25, 0.3) is 5.91 Å². The molecule has 3 N–H and O–H groups in total. The van der Waals surface area contributed by atoms with Gasteiger partial charge in [0.1, 0.15) is 0 Å². The second-order valence-corrected chi connectivity index (χ2v) is 5.40. The highest BCUT2D eigenvalue weighted by Gasteiger charge is 2.14. The van der Waals surface area contributed by atoms with Gasteiger partial charge in [-0.2, -0.15) is 0 Å². The molecule has 3 amide bonds. The molecular formula is C17H17N3O6. The number of furan rings is 1. The number of nitrogens with one attached hydrogen (secondary N) is 3. The van der Waals surface area contributed by atoms with Crippen LogP contribution in [0.3, 0.4) is 0 Å². The molecule has 2 aromatic rings. The number of fused-ring (bicyclic) bond motifs is 1. The van der Waals surface area contributed by atoms with Crippen LogP contribution in [0.4, 0.5) is 0 Å². The molecule has 1 aromatic carbocycles. The van der Waals surface area contributed by atoms with Crippen LogP contribution in [-0.4, -0.2) is 37.6 Å². The second kappa shape index (κ2) is 8.06. The standard InChI is InChI=1S/C17H17N3O6/c21-15(18-7-11-3-4-12-14(6-11)26-10-25-12)8-19-16(22)9-20-17(23)13-2-1-5-24-13/h1-6H,7-10H2,(H,18,21)(H,19,22)(H,20,23). The van der Waals surface area contributed by atoms with E-state index < -0.39 is 11.8 Å². The molecule has 0 fully saturated rings. The minimum absolute atomic E-state index is 0.110. The highest BCUT2D eigenvalue weighted by atomic mass is 16.7. The Morgan fingerprint density at radius 2 is 1.69 bits per heavy atom. The van der Waals surface area contributed by atoms with Gasteiger partial charge in [-0.3, -0.25) is 14.4 Å². The molecule has 26 heavy (non-hydrogen) atoms. The minimum atomic E-state index is -0.502. The van der Waals surface area contributed by atoms with Crippen molar-refractivity contribution >= 4 is 17.7 Å². The van der Waals surface area contributed by atoms with E-state index in [1.165, 1.54) is 12.3 Å². The number of hydrogen-bond acceptors (Lipinski definition) is 6. The number of carbonyl (C=O) groups is 3. The molecule has 0 unspecified atom stereocenters. The van der Waals surface area contributed by atoms with Crippen molar-refractivity contribution in [3.8, 4) is 11.5 Å². The molecule has 0 saturated carbocycles. The lowest BCUT2D eigenvalue weighted by atomic mass is 10.2. The smallest absolute Gasteiger partial charge is 0.287 e. The number of rotatable bonds is 7. The molecule has 9 nitrogen and oxygen atoms in total. The van der Waals surface area contributed by atoms with Gasteiger partial charge in [0.2, 0.25) is 18.6 Å². The molecule has 0 bridgehead atoms. The number of carbonyl (C=O) groups excluding carboxylic acids is 3. The van der Waals surface area contributed by atoms with Crippen LogP contribution in [0.5, 0.6) is 11.5 Å². The lowest BCUT2D eigenvalue weighted by molar-refractivity contribution is -0.125. The SMILES string of the molecule is O=C(CNC(=O)CNC(=O)c1ccco1)NCc1ccc2c(c1)OCO2. The molecule has 0 saturated heterocycles. The van der Waals surface area contributed by atoms with E-state index in [0.717, 1.165) is 5.56 Å². The maximum atomic E-state index is 11.8. The van der Waals surface area contributed by atoms with Gasteiger partial charge in [0, 0.05) is 6.54 Å². The van der Waals surface area contributed by atoms with E-state index in [0.29, 0.717) is 18.0 Å². The van der Waals surface area contributed by atoms with E-state index in [2.05, 4.69) is 16.0 Å². The Morgan fingerprint density at radius 3 is 2.50 bits per heavy atom. The molecule has 0 radical (unpaired) electrons. The van der Waals surface area contributed by atoms with Crippen molar-refractivity contribution in [2.45, 2.75) is 6.54 Å². The van der Waals surface area contributed by atoms with E-state index >= 15 is 0 Å². The number of ether oxygens (including phenoxy) is 2. The topological polar surface area (TPSA) is 119 Å². The summed E-state index contributed by atoms with van der Waals surface area (Å²) >= 11 is 0. The predicted octanol–water partition coefficient (Wildman–Crippen LogP) is 0.171. The molecule has 3 rings (SSSR count). The molecule has 1 aliphatic rings. The van der Waals surface area contributed by atoms with Crippen molar-refractivity contribution < 1.29 is 28.3 Å². The van der Waals surface area contributed by atoms with E-state index in [9.17, 15) is 14.4 Å². The Balaban J connectivity index is 1.34. The summed E-state index contributed by atoms with van der Waals surface area (Å²) in [6, 6.07) is 8.42. The Morgan fingerprint density at radius 1 is 0.923 bits per heavy atom. The monoisotopic (exact) mass is 359 g/mol. The quantitative estimate of drug-likeness (QED) is 0.648. The van der Waals surface area contributed by atoms with Gasteiger partial charge in [-0.25, -0.2) is 0 Å². The van der Waals surface area contributed by atoms with Gasteiger partial charge in [0.15, 0.2) is 17.3 Å². The fourth-order valence-electron chi connectivity index (χ4n) is 2.21. The van der Waals surface area contributed by atoms with E-state index in [1.807, 2.05) is 6.07 Å². The van der Waals surface area contributed by atoms with Crippen LogP contribution in [-0.2, 0) is 16.1 Å². The Kier molecular flexibility index (Phi) is 5.37. The van der Waals surface area contributed by atoms with E-state index in [4.69, 9.17) is 13.9 Å². The Labute approximate surface area is 148 Å². The summed E-state index contributed by atoms with van der Waals surface area (Å²) in [5, 5.41) is 7.49. The minimum Gasteiger partial charge on any atom is -0.459 e.